The molecule has 1 aliphatic heterocycles. The number of nitrogens with zero attached hydrogens (tertiary/aromatic N) is 2. The van der Waals surface area contributed by atoms with Crippen LogP contribution in [0.5, 0.6) is 0 Å². The van der Waals surface area contributed by atoms with Crippen LogP contribution in [0.3, 0.4) is 0 Å². The molecule has 37 heavy (non-hydrogen) atoms. The lowest BCUT2D eigenvalue weighted by Crippen LogP contribution is -2.53. The third-order valence-corrected chi connectivity index (χ3v) is 7.36. The van der Waals surface area contributed by atoms with Crippen molar-refractivity contribution in [2.24, 2.45) is 5.92 Å². The molecule has 1 atom stereocenters. The van der Waals surface area contributed by atoms with Crippen LogP contribution in [0.4, 0.5) is 0 Å². The maximum atomic E-state index is 13.7. The molecule has 2 heterocycles. The van der Waals surface area contributed by atoms with Gasteiger partial charge in [-0.05, 0) is 42.0 Å². The third-order valence-electron chi connectivity index (χ3n) is 7.36. The van der Waals surface area contributed by atoms with Gasteiger partial charge in [-0.2, -0.15) is 0 Å². The first kappa shape index (κ1) is 24.8. The number of carbonyl (C=O) groups excluding carboxylic acids is 2. The summed E-state index contributed by atoms with van der Waals surface area (Å²) in [4.78, 5) is 37.4. The Kier molecular flexibility index (Phi) is 7.35. The van der Waals surface area contributed by atoms with E-state index in [1.54, 1.807) is 0 Å². The minimum atomic E-state index is -0.579. The van der Waals surface area contributed by atoms with Crippen molar-refractivity contribution < 1.29 is 9.59 Å². The SMILES string of the molecule is CC(C)C(NC(=O)C(c1ccccc1)c1ccccc1)C(=O)N1CCC(c2nc3ccccc3[nH]2)CC1. The molecule has 6 heteroatoms. The number of carbonyl (C=O) groups is 2. The Morgan fingerprint density at radius 3 is 2.00 bits per heavy atom. The second-order valence-corrected chi connectivity index (χ2v) is 10.2. The fraction of sp³-hybridized carbons (Fsp3) is 0.323. The second kappa shape index (κ2) is 11.0. The van der Waals surface area contributed by atoms with Gasteiger partial charge >= 0.3 is 0 Å². The van der Waals surface area contributed by atoms with Gasteiger partial charge in [0.25, 0.3) is 0 Å². The van der Waals surface area contributed by atoms with Gasteiger partial charge in [-0.3, -0.25) is 9.59 Å². The minimum Gasteiger partial charge on any atom is -0.343 e. The first-order chi connectivity index (χ1) is 18.0. The Morgan fingerprint density at radius 1 is 0.865 bits per heavy atom. The van der Waals surface area contributed by atoms with Crippen molar-refractivity contribution in [3.8, 4) is 0 Å². The Bertz CT molecular complexity index is 1270. The number of nitrogens with one attached hydrogen (secondary N) is 2. The first-order valence-corrected chi connectivity index (χ1v) is 13.1. The summed E-state index contributed by atoms with van der Waals surface area (Å²) in [5.74, 6) is 0.625. The Hall–Kier alpha value is -3.93. The number of H-pyrrole nitrogens is 1. The van der Waals surface area contributed by atoms with Gasteiger partial charge in [0.1, 0.15) is 11.9 Å². The van der Waals surface area contributed by atoms with Gasteiger partial charge in [-0.15, -0.1) is 0 Å². The standard InChI is InChI=1S/C31H34N4O2/c1-21(2)28(34-30(36)27(22-11-5-3-6-12-22)23-13-7-4-8-14-23)31(37)35-19-17-24(18-20-35)29-32-25-15-9-10-16-26(25)33-29/h3-16,21,24,27-28H,17-20H2,1-2H3,(H,32,33)(H,34,36). The molecule has 0 aliphatic carbocycles. The topological polar surface area (TPSA) is 78.1 Å². The molecule has 6 nitrogen and oxygen atoms in total. The van der Waals surface area contributed by atoms with Crippen LogP contribution in [0.1, 0.15) is 55.5 Å². The normalized spacial score (nSPS) is 15.3. The minimum absolute atomic E-state index is 0.00807. The van der Waals surface area contributed by atoms with E-state index < -0.39 is 12.0 Å². The second-order valence-electron chi connectivity index (χ2n) is 10.2. The van der Waals surface area contributed by atoms with Crippen LogP contribution in [-0.2, 0) is 9.59 Å². The number of piperidine rings is 1. The van der Waals surface area contributed by atoms with Gasteiger partial charge in [0, 0.05) is 19.0 Å². The Labute approximate surface area is 218 Å². The molecule has 1 aliphatic rings. The number of benzene rings is 3. The molecular weight excluding hydrogens is 460 g/mol. The Morgan fingerprint density at radius 2 is 1.43 bits per heavy atom. The van der Waals surface area contributed by atoms with Crippen molar-refractivity contribution in [1.29, 1.82) is 0 Å². The lowest BCUT2D eigenvalue weighted by molar-refractivity contribution is -0.138. The highest BCUT2D eigenvalue weighted by atomic mass is 16.2. The molecule has 2 amide bonds. The molecular formula is C31H34N4O2. The number of fused-ring (bicyclic) bond motifs is 1. The molecule has 190 valence electrons. The molecule has 3 aromatic carbocycles. The largest absolute Gasteiger partial charge is 0.343 e. The number of aromatic amines is 1. The number of para-hydroxylation sites is 2. The van der Waals surface area contributed by atoms with Crippen molar-refractivity contribution in [2.75, 3.05) is 13.1 Å². The Balaban J connectivity index is 1.28. The predicted molar refractivity (Wildman–Crippen MR) is 146 cm³/mol. The molecule has 4 aromatic rings. The quantitative estimate of drug-likeness (QED) is 0.369. The van der Waals surface area contributed by atoms with Crippen LogP contribution in [0.15, 0.2) is 84.9 Å². The average molecular weight is 495 g/mol. The number of hydrogen-bond acceptors (Lipinski definition) is 3. The molecule has 2 N–H and O–H groups in total. The summed E-state index contributed by atoms with van der Waals surface area (Å²) < 4.78 is 0. The van der Waals surface area contributed by atoms with Gasteiger partial charge in [0.2, 0.25) is 11.8 Å². The van der Waals surface area contributed by atoms with E-state index in [4.69, 9.17) is 4.98 Å². The predicted octanol–water partition coefficient (Wildman–Crippen LogP) is 5.24. The highest BCUT2D eigenvalue weighted by Crippen LogP contribution is 2.29. The summed E-state index contributed by atoms with van der Waals surface area (Å²) in [5, 5.41) is 3.12. The zero-order chi connectivity index (χ0) is 25.8. The zero-order valence-corrected chi connectivity index (χ0v) is 21.4. The smallest absolute Gasteiger partial charge is 0.245 e. The highest BCUT2D eigenvalue weighted by molar-refractivity contribution is 5.92. The van der Waals surface area contributed by atoms with Crippen LogP contribution in [0.2, 0.25) is 0 Å². The lowest BCUT2D eigenvalue weighted by Gasteiger charge is -2.35. The molecule has 1 fully saturated rings. The van der Waals surface area contributed by atoms with Gasteiger partial charge < -0.3 is 15.2 Å². The summed E-state index contributed by atoms with van der Waals surface area (Å²) in [6.07, 6.45) is 1.70. The summed E-state index contributed by atoms with van der Waals surface area (Å²) >= 11 is 0. The summed E-state index contributed by atoms with van der Waals surface area (Å²) in [5.41, 5.74) is 3.84. The van der Waals surface area contributed by atoms with Crippen molar-refractivity contribution >= 4 is 22.8 Å². The summed E-state index contributed by atoms with van der Waals surface area (Å²) in [6, 6.07) is 27.0. The van der Waals surface area contributed by atoms with Crippen LogP contribution >= 0.6 is 0 Å². The molecule has 1 unspecified atom stereocenters. The van der Waals surface area contributed by atoms with E-state index in [9.17, 15) is 9.59 Å². The van der Waals surface area contributed by atoms with E-state index in [0.29, 0.717) is 19.0 Å². The van der Waals surface area contributed by atoms with Gasteiger partial charge in [-0.1, -0.05) is 86.6 Å². The van der Waals surface area contributed by atoms with Gasteiger partial charge in [-0.25, -0.2) is 4.98 Å². The number of rotatable bonds is 7. The summed E-state index contributed by atoms with van der Waals surface area (Å²) in [6.45, 7) is 5.29. The molecule has 0 spiro atoms. The number of imidazole rings is 1. The molecule has 1 saturated heterocycles. The van der Waals surface area contributed by atoms with E-state index in [0.717, 1.165) is 40.8 Å². The molecule has 0 bridgehead atoms. The van der Waals surface area contributed by atoms with E-state index in [-0.39, 0.29) is 17.7 Å². The van der Waals surface area contributed by atoms with Crippen LogP contribution in [0, 0.1) is 5.92 Å². The fourth-order valence-corrected chi connectivity index (χ4v) is 5.27. The van der Waals surface area contributed by atoms with Crippen molar-refractivity contribution in [2.45, 2.75) is 44.6 Å². The molecule has 5 rings (SSSR count). The van der Waals surface area contributed by atoms with Crippen molar-refractivity contribution in [3.63, 3.8) is 0 Å². The van der Waals surface area contributed by atoms with Crippen molar-refractivity contribution in [3.05, 3.63) is 102 Å². The highest BCUT2D eigenvalue weighted by Gasteiger charge is 2.34. The molecule has 1 aromatic heterocycles. The summed E-state index contributed by atoms with van der Waals surface area (Å²) in [7, 11) is 0. The molecule has 0 saturated carbocycles. The van der Waals surface area contributed by atoms with Gasteiger partial charge in [0.05, 0.1) is 17.0 Å². The van der Waals surface area contributed by atoms with E-state index >= 15 is 0 Å². The van der Waals surface area contributed by atoms with E-state index in [2.05, 4.69) is 10.3 Å². The monoisotopic (exact) mass is 494 g/mol. The van der Waals surface area contributed by atoms with Crippen LogP contribution in [0.25, 0.3) is 11.0 Å². The lowest BCUT2D eigenvalue weighted by atomic mass is 9.89. The first-order valence-electron chi connectivity index (χ1n) is 13.1. The van der Waals surface area contributed by atoms with Gasteiger partial charge in [0.15, 0.2) is 0 Å². The maximum Gasteiger partial charge on any atom is 0.245 e. The van der Waals surface area contributed by atoms with E-state index in [1.807, 2.05) is 104 Å². The number of amides is 2. The third kappa shape index (κ3) is 5.43. The van der Waals surface area contributed by atoms with E-state index in [1.165, 1.54) is 0 Å². The molecule has 0 radical (unpaired) electrons. The number of likely N-dealkylation sites (tertiary alicyclic amines) is 1. The van der Waals surface area contributed by atoms with Crippen LogP contribution < -0.4 is 5.32 Å². The number of aromatic nitrogens is 2. The van der Waals surface area contributed by atoms with Crippen LogP contribution in [-0.4, -0.2) is 45.8 Å². The zero-order valence-electron chi connectivity index (χ0n) is 21.4. The average Bonchev–Trinajstić information content (AvgIpc) is 3.37. The fourth-order valence-electron chi connectivity index (χ4n) is 5.27. The number of hydrogen-bond donors (Lipinski definition) is 2. The van der Waals surface area contributed by atoms with Crippen molar-refractivity contribution in [1.82, 2.24) is 20.2 Å². The maximum absolute atomic E-state index is 13.7.